The van der Waals surface area contributed by atoms with Crippen LogP contribution in [0.15, 0.2) is 28.7 Å². The lowest BCUT2D eigenvalue weighted by Gasteiger charge is -2.09. The highest BCUT2D eigenvalue weighted by Gasteiger charge is 2.14. The molecule has 4 heteroatoms. The zero-order chi connectivity index (χ0) is 13.8. The highest BCUT2D eigenvalue weighted by atomic mass is 32.1. The van der Waals surface area contributed by atoms with Gasteiger partial charge in [-0.25, -0.2) is 9.97 Å². The molecule has 2 heterocycles. The molecule has 0 aromatic carbocycles. The Hall–Kier alpha value is -1.55. The lowest BCUT2D eigenvalue weighted by Crippen LogP contribution is -2.07. The SMILES string of the molecule is C/C=C\N=C(/CC)c1nc(C(C)C)nc2ccsc12. The first-order valence-corrected chi connectivity index (χ1v) is 7.48. The summed E-state index contributed by atoms with van der Waals surface area (Å²) in [4.78, 5) is 13.9. The van der Waals surface area contributed by atoms with Gasteiger partial charge < -0.3 is 0 Å². The number of hydrogen-bond acceptors (Lipinski definition) is 4. The van der Waals surface area contributed by atoms with Crippen LogP contribution in [0.4, 0.5) is 0 Å². The van der Waals surface area contributed by atoms with Gasteiger partial charge >= 0.3 is 0 Å². The van der Waals surface area contributed by atoms with Crippen molar-refractivity contribution in [3.05, 3.63) is 35.2 Å². The molecule has 2 aromatic heterocycles. The molecule has 3 nitrogen and oxygen atoms in total. The van der Waals surface area contributed by atoms with Gasteiger partial charge in [0.1, 0.15) is 11.5 Å². The number of nitrogens with zero attached hydrogens (tertiary/aromatic N) is 3. The van der Waals surface area contributed by atoms with Crippen molar-refractivity contribution in [2.45, 2.75) is 40.0 Å². The fourth-order valence-corrected chi connectivity index (χ4v) is 2.66. The number of rotatable bonds is 4. The third-order valence-corrected chi connectivity index (χ3v) is 3.74. The third kappa shape index (κ3) is 2.89. The van der Waals surface area contributed by atoms with Crippen LogP contribution in [0, 0.1) is 0 Å². The number of aromatic nitrogens is 2. The fourth-order valence-electron chi connectivity index (χ4n) is 1.82. The van der Waals surface area contributed by atoms with Gasteiger partial charge in [-0.05, 0) is 24.8 Å². The van der Waals surface area contributed by atoms with E-state index >= 15 is 0 Å². The average molecular weight is 273 g/mol. The van der Waals surface area contributed by atoms with Gasteiger partial charge in [0.15, 0.2) is 0 Å². The Kier molecular flexibility index (Phi) is 4.43. The second kappa shape index (κ2) is 6.06. The van der Waals surface area contributed by atoms with Gasteiger partial charge in [0, 0.05) is 12.1 Å². The zero-order valence-corrected chi connectivity index (χ0v) is 12.7. The molecule has 0 spiro atoms. The first kappa shape index (κ1) is 13.9. The number of allylic oxidation sites excluding steroid dienone is 1. The quantitative estimate of drug-likeness (QED) is 0.767. The molecule has 0 saturated carbocycles. The van der Waals surface area contributed by atoms with Gasteiger partial charge in [-0.2, -0.15) is 0 Å². The molecule has 0 bridgehead atoms. The number of aliphatic imine (C=N–C) groups is 1. The summed E-state index contributed by atoms with van der Waals surface area (Å²) in [7, 11) is 0. The smallest absolute Gasteiger partial charge is 0.132 e. The Bertz CT molecular complexity index is 623. The minimum absolute atomic E-state index is 0.322. The van der Waals surface area contributed by atoms with E-state index in [0.717, 1.165) is 33.9 Å². The molecular weight excluding hydrogens is 254 g/mol. The van der Waals surface area contributed by atoms with E-state index in [1.807, 2.05) is 19.2 Å². The van der Waals surface area contributed by atoms with Crippen molar-refractivity contribution in [3.63, 3.8) is 0 Å². The topological polar surface area (TPSA) is 38.1 Å². The van der Waals surface area contributed by atoms with Crippen LogP contribution in [0.1, 0.15) is 51.6 Å². The van der Waals surface area contributed by atoms with E-state index < -0.39 is 0 Å². The lowest BCUT2D eigenvalue weighted by molar-refractivity contribution is 0.781. The molecule has 0 saturated heterocycles. The van der Waals surface area contributed by atoms with E-state index in [4.69, 9.17) is 4.98 Å². The van der Waals surface area contributed by atoms with E-state index in [1.54, 1.807) is 11.3 Å². The van der Waals surface area contributed by atoms with Gasteiger partial charge in [0.2, 0.25) is 0 Å². The van der Waals surface area contributed by atoms with Crippen LogP contribution in [0.5, 0.6) is 0 Å². The van der Waals surface area contributed by atoms with Crippen LogP contribution >= 0.6 is 11.3 Å². The summed E-state index contributed by atoms with van der Waals surface area (Å²) in [5.41, 5.74) is 3.04. The Labute approximate surface area is 118 Å². The molecule has 2 aromatic rings. The maximum Gasteiger partial charge on any atom is 0.132 e. The summed E-state index contributed by atoms with van der Waals surface area (Å²) in [6.45, 7) is 8.31. The largest absolute Gasteiger partial charge is 0.259 e. The van der Waals surface area contributed by atoms with Crippen molar-refractivity contribution < 1.29 is 0 Å². The molecule has 2 rings (SSSR count). The normalized spacial score (nSPS) is 13.0. The number of hydrogen-bond donors (Lipinski definition) is 0. The zero-order valence-electron chi connectivity index (χ0n) is 11.8. The highest BCUT2D eigenvalue weighted by Crippen LogP contribution is 2.25. The second-order valence-corrected chi connectivity index (χ2v) is 5.55. The number of fused-ring (bicyclic) bond motifs is 1. The van der Waals surface area contributed by atoms with Gasteiger partial charge in [0.25, 0.3) is 0 Å². The molecule has 0 N–H and O–H groups in total. The summed E-state index contributed by atoms with van der Waals surface area (Å²) >= 11 is 1.68. The van der Waals surface area contributed by atoms with Crippen LogP contribution < -0.4 is 0 Å². The van der Waals surface area contributed by atoms with E-state index in [9.17, 15) is 0 Å². The Morgan fingerprint density at radius 1 is 1.42 bits per heavy atom. The molecule has 0 aliphatic heterocycles. The molecular formula is C15H19N3S. The van der Waals surface area contributed by atoms with Crippen LogP contribution in [0.25, 0.3) is 10.2 Å². The number of thiophene rings is 1. The molecule has 0 radical (unpaired) electrons. The molecule has 0 unspecified atom stereocenters. The molecule has 100 valence electrons. The molecule has 0 aliphatic carbocycles. The predicted octanol–water partition coefficient (Wildman–Crippen LogP) is 4.55. The van der Waals surface area contributed by atoms with Crippen molar-refractivity contribution in [3.8, 4) is 0 Å². The predicted molar refractivity (Wildman–Crippen MR) is 83.1 cm³/mol. The van der Waals surface area contributed by atoms with Crippen molar-refractivity contribution >= 4 is 27.3 Å². The van der Waals surface area contributed by atoms with Crippen LogP contribution in [0.2, 0.25) is 0 Å². The van der Waals surface area contributed by atoms with Crippen molar-refractivity contribution in [2.24, 2.45) is 4.99 Å². The van der Waals surface area contributed by atoms with E-state index in [0.29, 0.717) is 5.92 Å². The molecule has 19 heavy (non-hydrogen) atoms. The van der Waals surface area contributed by atoms with E-state index in [-0.39, 0.29) is 0 Å². The van der Waals surface area contributed by atoms with Crippen LogP contribution in [0.3, 0.4) is 0 Å². The van der Waals surface area contributed by atoms with E-state index in [1.165, 1.54) is 0 Å². The lowest BCUT2D eigenvalue weighted by atomic mass is 10.1. The average Bonchev–Trinajstić information content (AvgIpc) is 2.87. The standard InChI is InChI=1S/C15H19N3S/c1-5-8-16-11(6-2)13-14-12(7-9-19-14)17-15(18-13)10(3)4/h5,7-10H,6H2,1-4H3/b8-5-,16-11+. The van der Waals surface area contributed by atoms with Crippen molar-refractivity contribution in [1.82, 2.24) is 9.97 Å². The van der Waals surface area contributed by atoms with Gasteiger partial charge in [0.05, 0.1) is 15.9 Å². The third-order valence-electron chi connectivity index (χ3n) is 2.82. The van der Waals surface area contributed by atoms with Crippen LogP contribution in [-0.2, 0) is 0 Å². The molecule has 0 aliphatic rings. The second-order valence-electron chi connectivity index (χ2n) is 4.63. The molecule has 0 fully saturated rings. The van der Waals surface area contributed by atoms with Crippen molar-refractivity contribution in [1.29, 1.82) is 0 Å². The Morgan fingerprint density at radius 3 is 2.84 bits per heavy atom. The van der Waals surface area contributed by atoms with Gasteiger partial charge in [-0.3, -0.25) is 4.99 Å². The Balaban J connectivity index is 2.65. The molecule has 0 atom stereocenters. The summed E-state index contributed by atoms with van der Waals surface area (Å²) in [5.74, 6) is 1.21. The highest BCUT2D eigenvalue weighted by molar-refractivity contribution is 7.17. The molecule has 0 amide bonds. The minimum atomic E-state index is 0.322. The van der Waals surface area contributed by atoms with Crippen molar-refractivity contribution in [2.75, 3.05) is 0 Å². The van der Waals surface area contributed by atoms with Crippen LogP contribution in [-0.4, -0.2) is 15.7 Å². The van der Waals surface area contributed by atoms with E-state index in [2.05, 4.69) is 42.2 Å². The van der Waals surface area contributed by atoms with Gasteiger partial charge in [-0.1, -0.05) is 26.8 Å². The first-order chi connectivity index (χ1) is 9.17. The summed E-state index contributed by atoms with van der Waals surface area (Å²) < 4.78 is 1.13. The Morgan fingerprint density at radius 2 is 2.21 bits per heavy atom. The van der Waals surface area contributed by atoms with Gasteiger partial charge in [-0.15, -0.1) is 11.3 Å². The first-order valence-electron chi connectivity index (χ1n) is 6.60. The summed E-state index contributed by atoms with van der Waals surface area (Å²) in [6.07, 6.45) is 4.63. The summed E-state index contributed by atoms with van der Waals surface area (Å²) in [5, 5.41) is 2.07. The maximum absolute atomic E-state index is 4.73. The fraction of sp³-hybridized carbons (Fsp3) is 0.400. The summed E-state index contributed by atoms with van der Waals surface area (Å²) in [6, 6.07) is 2.06. The monoisotopic (exact) mass is 273 g/mol. The minimum Gasteiger partial charge on any atom is -0.259 e. The maximum atomic E-state index is 4.73.